The van der Waals surface area contributed by atoms with Crippen LogP contribution in [0.5, 0.6) is 5.75 Å². The molecule has 15 heavy (non-hydrogen) atoms. The Morgan fingerprint density at radius 1 is 1.53 bits per heavy atom. The first-order valence-electron chi connectivity index (χ1n) is 4.74. The lowest BCUT2D eigenvalue weighted by atomic mass is 9.96. The van der Waals surface area contributed by atoms with Gasteiger partial charge in [0.05, 0.1) is 7.11 Å². The molecule has 0 amide bonds. The molecular weight excluding hydrogens is 192 g/mol. The van der Waals surface area contributed by atoms with Crippen LogP contribution in [-0.2, 0) is 9.53 Å². The lowest BCUT2D eigenvalue weighted by Gasteiger charge is -2.12. The van der Waals surface area contributed by atoms with Crippen molar-refractivity contribution in [1.29, 1.82) is 0 Å². The van der Waals surface area contributed by atoms with Crippen molar-refractivity contribution in [1.82, 2.24) is 0 Å². The highest BCUT2D eigenvalue weighted by molar-refractivity contribution is 5.81. The van der Waals surface area contributed by atoms with Gasteiger partial charge in [-0.25, -0.2) is 0 Å². The lowest BCUT2D eigenvalue weighted by Crippen LogP contribution is -2.24. The van der Waals surface area contributed by atoms with Gasteiger partial charge in [-0.15, -0.1) is 0 Å². The third-order valence-electron chi connectivity index (χ3n) is 2.53. The number of methoxy groups -OCH3 is 1. The van der Waals surface area contributed by atoms with E-state index in [-0.39, 0.29) is 18.0 Å². The summed E-state index contributed by atoms with van der Waals surface area (Å²) in [4.78, 5) is 11.6. The Morgan fingerprint density at radius 2 is 2.27 bits per heavy atom. The predicted octanol–water partition coefficient (Wildman–Crippen LogP) is 1.89. The summed E-state index contributed by atoms with van der Waals surface area (Å²) < 4.78 is 10.3. The summed E-state index contributed by atoms with van der Waals surface area (Å²) in [6, 6.07) is 7.47. The van der Waals surface area contributed by atoms with Crippen molar-refractivity contribution in [3.05, 3.63) is 42.5 Å². The zero-order valence-electron chi connectivity index (χ0n) is 8.47. The van der Waals surface area contributed by atoms with E-state index in [1.54, 1.807) is 6.08 Å². The predicted molar refractivity (Wildman–Crippen MR) is 55.8 cm³/mol. The number of carbonyl (C=O) groups excluding carboxylic acids is 1. The van der Waals surface area contributed by atoms with E-state index in [4.69, 9.17) is 9.47 Å². The number of para-hydroxylation sites is 1. The molecule has 0 radical (unpaired) electrons. The highest BCUT2D eigenvalue weighted by Crippen LogP contribution is 2.38. The van der Waals surface area contributed by atoms with Gasteiger partial charge in [0.25, 0.3) is 0 Å². The van der Waals surface area contributed by atoms with Gasteiger partial charge in [0.15, 0.2) is 0 Å². The smallest absolute Gasteiger partial charge is 0.317 e. The standard InChI is InChI=1S/C12H12O3/c1-3-9-11(12(13)14-2)8-6-4-5-7-10(8)15-9/h3-7,9,11H,1H2,2H3/t9-,11-/m0/s1. The second kappa shape index (κ2) is 3.77. The summed E-state index contributed by atoms with van der Waals surface area (Å²) >= 11 is 0. The maximum atomic E-state index is 11.6. The van der Waals surface area contributed by atoms with Gasteiger partial charge in [0.1, 0.15) is 17.8 Å². The first-order valence-corrected chi connectivity index (χ1v) is 4.74. The topological polar surface area (TPSA) is 35.5 Å². The monoisotopic (exact) mass is 204 g/mol. The van der Waals surface area contributed by atoms with E-state index >= 15 is 0 Å². The Balaban J connectivity index is 2.42. The third kappa shape index (κ3) is 1.50. The molecule has 1 aliphatic rings. The van der Waals surface area contributed by atoms with Crippen molar-refractivity contribution in [3.63, 3.8) is 0 Å². The van der Waals surface area contributed by atoms with Crippen LogP contribution in [0.15, 0.2) is 36.9 Å². The van der Waals surface area contributed by atoms with Crippen LogP contribution in [0.4, 0.5) is 0 Å². The number of rotatable bonds is 2. The number of carbonyl (C=O) groups is 1. The van der Waals surface area contributed by atoms with E-state index in [0.29, 0.717) is 0 Å². The second-order valence-electron chi connectivity index (χ2n) is 3.36. The summed E-state index contributed by atoms with van der Waals surface area (Å²) in [5, 5.41) is 0. The largest absolute Gasteiger partial charge is 0.485 e. The first-order chi connectivity index (χ1) is 7.27. The van der Waals surface area contributed by atoms with Gasteiger partial charge >= 0.3 is 5.97 Å². The molecule has 3 nitrogen and oxygen atoms in total. The van der Waals surface area contributed by atoms with Crippen molar-refractivity contribution >= 4 is 5.97 Å². The van der Waals surface area contributed by atoms with Crippen molar-refractivity contribution in [2.45, 2.75) is 12.0 Å². The number of hydrogen-bond donors (Lipinski definition) is 0. The molecule has 3 heteroatoms. The van der Waals surface area contributed by atoms with Gasteiger partial charge in [-0.1, -0.05) is 30.9 Å². The fourth-order valence-electron chi connectivity index (χ4n) is 1.81. The van der Waals surface area contributed by atoms with Gasteiger partial charge in [-0.2, -0.15) is 0 Å². The van der Waals surface area contributed by atoms with E-state index in [9.17, 15) is 4.79 Å². The van der Waals surface area contributed by atoms with Crippen LogP contribution in [-0.4, -0.2) is 19.2 Å². The molecule has 2 rings (SSSR count). The quantitative estimate of drug-likeness (QED) is 0.545. The van der Waals surface area contributed by atoms with E-state index in [1.165, 1.54) is 7.11 Å². The normalized spacial score (nSPS) is 22.7. The van der Waals surface area contributed by atoms with Crippen LogP contribution in [0, 0.1) is 0 Å². The molecule has 78 valence electrons. The van der Waals surface area contributed by atoms with Crippen LogP contribution in [0.2, 0.25) is 0 Å². The van der Waals surface area contributed by atoms with Gasteiger partial charge < -0.3 is 9.47 Å². The van der Waals surface area contributed by atoms with E-state index in [1.807, 2.05) is 24.3 Å². The minimum absolute atomic E-state index is 0.287. The van der Waals surface area contributed by atoms with Gasteiger partial charge in [0.2, 0.25) is 0 Å². The minimum Gasteiger partial charge on any atom is -0.485 e. The molecule has 0 fully saturated rings. The summed E-state index contributed by atoms with van der Waals surface area (Å²) in [7, 11) is 1.38. The Labute approximate surface area is 88.3 Å². The summed E-state index contributed by atoms with van der Waals surface area (Å²) in [6.07, 6.45) is 1.30. The number of esters is 1. The molecule has 0 bridgehead atoms. The Bertz CT molecular complexity index is 398. The van der Waals surface area contributed by atoms with E-state index in [0.717, 1.165) is 11.3 Å². The van der Waals surface area contributed by atoms with E-state index in [2.05, 4.69) is 6.58 Å². The molecule has 1 aromatic rings. The lowest BCUT2D eigenvalue weighted by molar-refractivity contribution is -0.143. The van der Waals surface area contributed by atoms with E-state index < -0.39 is 0 Å². The molecule has 0 saturated carbocycles. The molecule has 2 atom stereocenters. The SMILES string of the molecule is C=C[C@@H]1Oc2ccccc2[C@@H]1C(=O)OC. The van der Waals surface area contributed by atoms with Crippen LogP contribution in [0.1, 0.15) is 11.5 Å². The Kier molecular flexibility index (Phi) is 2.46. The first kappa shape index (κ1) is 9.77. The average Bonchev–Trinajstić information content (AvgIpc) is 2.66. The zero-order chi connectivity index (χ0) is 10.8. The number of ether oxygens (including phenoxy) is 2. The fourth-order valence-corrected chi connectivity index (χ4v) is 1.81. The third-order valence-corrected chi connectivity index (χ3v) is 2.53. The number of benzene rings is 1. The van der Waals surface area contributed by atoms with Crippen molar-refractivity contribution in [2.24, 2.45) is 0 Å². The summed E-state index contributed by atoms with van der Waals surface area (Å²) in [5.41, 5.74) is 0.870. The van der Waals surface area contributed by atoms with Crippen LogP contribution >= 0.6 is 0 Å². The molecule has 1 heterocycles. The highest BCUT2D eigenvalue weighted by Gasteiger charge is 2.38. The molecule has 0 saturated heterocycles. The number of fused-ring (bicyclic) bond motifs is 1. The minimum atomic E-state index is -0.385. The molecule has 0 unspecified atom stereocenters. The van der Waals surface area contributed by atoms with Gasteiger partial charge in [-0.05, 0) is 6.07 Å². The molecule has 0 aromatic heterocycles. The molecular formula is C12H12O3. The maximum absolute atomic E-state index is 11.6. The van der Waals surface area contributed by atoms with Crippen LogP contribution in [0.3, 0.4) is 0 Å². The van der Waals surface area contributed by atoms with Gasteiger partial charge in [0, 0.05) is 5.56 Å². The average molecular weight is 204 g/mol. The molecule has 0 aliphatic carbocycles. The van der Waals surface area contributed by atoms with Crippen molar-refractivity contribution in [3.8, 4) is 5.75 Å². The molecule has 1 aliphatic heterocycles. The maximum Gasteiger partial charge on any atom is 0.317 e. The summed E-state index contributed by atoms with van der Waals surface area (Å²) in [6.45, 7) is 3.66. The Hall–Kier alpha value is -1.77. The van der Waals surface area contributed by atoms with Gasteiger partial charge in [-0.3, -0.25) is 4.79 Å². The molecule has 1 aromatic carbocycles. The second-order valence-corrected chi connectivity index (χ2v) is 3.36. The molecule has 0 spiro atoms. The summed E-state index contributed by atoms with van der Waals surface area (Å²) in [5.74, 6) is 0.0614. The Morgan fingerprint density at radius 3 is 2.93 bits per heavy atom. The fraction of sp³-hybridized carbons (Fsp3) is 0.250. The van der Waals surface area contributed by atoms with Crippen LogP contribution in [0.25, 0.3) is 0 Å². The zero-order valence-corrected chi connectivity index (χ0v) is 8.47. The van der Waals surface area contributed by atoms with Crippen molar-refractivity contribution < 1.29 is 14.3 Å². The number of hydrogen-bond acceptors (Lipinski definition) is 3. The van der Waals surface area contributed by atoms with Crippen molar-refractivity contribution in [2.75, 3.05) is 7.11 Å². The molecule has 0 N–H and O–H groups in total. The van der Waals surface area contributed by atoms with Crippen LogP contribution < -0.4 is 4.74 Å². The highest BCUT2D eigenvalue weighted by atomic mass is 16.5.